The number of hydrogen-bond acceptors (Lipinski definition) is 2. The third-order valence-electron chi connectivity index (χ3n) is 4.33. The van der Waals surface area contributed by atoms with Crippen molar-refractivity contribution in [1.82, 2.24) is 4.90 Å². The molecule has 3 heteroatoms. The Kier molecular flexibility index (Phi) is 6.58. The van der Waals surface area contributed by atoms with E-state index in [1.165, 1.54) is 25.8 Å². The van der Waals surface area contributed by atoms with Crippen LogP contribution in [0, 0.1) is 17.8 Å². The summed E-state index contributed by atoms with van der Waals surface area (Å²) in [6, 6.07) is 0.743. The molecular formula is C15H30N2S. The SMILES string of the molecule is CC(C)CN(CCC(N)=S)C1CCC(C)C(C)C1. The first-order chi connectivity index (χ1) is 8.40. The van der Waals surface area contributed by atoms with E-state index in [2.05, 4.69) is 32.6 Å². The van der Waals surface area contributed by atoms with E-state index >= 15 is 0 Å². The molecule has 1 aliphatic rings. The van der Waals surface area contributed by atoms with Crippen LogP contribution in [0.1, 0.15) is 53.4 Å². The Labute approximate surface area is 118 Å². The molecule has 1 rings (SSSR count). The van der Waals surface area contributed by atoms with Crippen molar-refractivity contribution in [2.75, 3.05) is 13.1 Å². The molecule has 18 heavy (non-hydrogen) atoms. The summed E-state index contributed by atoms with van der Waals surface area (Å²) in [7, 11) is 0. The molecule has 0 saturated heterocycles. The maximum absolute atomic E-state index is 5.66. The van der Waals surface area contributed by atoms with Gasteiger partial charge in [-0.3, -0.25) is 4.90 Å². The minimum atomic E-state index is 0.654. The van der Waals surface area contributed by atoms with Crippen molar-refractivity contribution in [2.45, 2.75) is 59.4 Å². The van der Waals surface area contributed by atoms with Crippen molar-refractivity contribution in [1.29, 1.82) is 0 Å². The molecular weight excluding hydrogens is 240 g/mol. The maximum atomic E-state index is 5.66. The second kappa shape index (κ2) is 7.44. The van der Waals surface area contributed by atoms with Gasteiger partial charge in [0.25, 0.3) is 0 Å². The largest absolute Gasteiger partial charge is 0.393 e. The summed E-state index contributed by atoms with van der Waals surface area (Å²) in [5.41, 5.74) is 5.66. The first-order valence-corrected chi connectivity index (χ1v) is 7.83. The van der Waals surface area contributed by atoms with Gasteiger partial charge in [0.05, 0.1) is 4.99 Å². The summed E-state index contributed by atoms with van der Waals surface area (Å²) in [5.74, 6) is 2.45. The molecule has 1 saturated carbocycles. The lowest BCUT2D eigenvalue weighted by Gasteiger charge is -2.40. The highest BCUT2D eigenvalue weighted by atomic mass is 32.1. The smallest absolute Gasteiger partial charge is 0.0740 e. The van der Waals surface area contributed by atoms with Crippen LogP contribution < -0.4 is 5.73 Å². The Morgan fingerprint density at radius 3 is 2.44 bits per heavy atom. The molecule has 2 N–H and O–H groups in total. The summed E-state index contributed by atoms with van der Waals surface area (Å²) >= 11 is 5.02. The van der Waals surface area contributed by atoms with Gasteiger partial charge in [0.2, 0.25) is 0 Å². The van der Waals surface area contributed by atoms with Gasteiger partial charge >= 0.3 is 0 Å². The molecule has 2 nitrogen and oxygen atoms in total. The Morgan fingerprint density at radius 1 is 1.28 bits per heavy atom. The second-order valence-corrected chi connectivity index (χ2v) is 7.05. The van der Waals surface area contributed by atoms with Crippen molar-refractivity contribution in [3.63, 3.8) is 0 Å². The zero-order valence-corrected chi connectivity index (χ0v) is 13.3. The lowest BCUT2D eigenvalue weighted by Crippen LogP contribution is -2.43. The van der Waals surface area contributed by atoms with E-state index in [9.17, 15) is 0 Å². The van der Waals surface area contributed by atoms with E-state index in [1.54, 1.807) is 0 Å². The first-order valence-electron chi connectivity index (χ1n) is 7.42. The van der Waals surface area contributed by atoms with E-state index in [-0.39, 0.29) is 0 Å². The Hall–Kier alpha value is -0.150. The third kappa shape index (κ3) is 5.23. The minimum Gasteiger partial charge on any atom is -0.393 e. The fraction of sp³-hybridized carbons (Fsp3) is 0.933. The van der Waals surface area contributed by atoms with Gasteiger partial charge in [-0.1, -0.05) is 39.9 Å². The molecule has 0 bridgehead atoms. The van der Waals surface area contributed by atoms with Crippen LogP contribution in [0.2, 0.25) is 0 Å². The van der Waals surface area contributed by atoms with Crippen LogP contribution in [0.25, 0.3) is 0 Å². The second-order valence-electron chi connectivity index (χ2n) is 6.53. The fourth-order valence-corrected chi connectivity index (χ4v) is 3.09. The van der Waals surface area contributed by atoms with Crippen LogP contribution >= 0.6 is 12.2 Å². The third-order valence-corrected chi connectivity index (χ3v) is 4.54. The summed E-state index contributed by atoms with van der Waals surface area (Å²) in [5, 5.41) is 0. The molecule has 0 spiro atoms. The Morgan fingerprint density at radius 2 is 1.94 bits per heavy atom. The molecule has 0 radical (unpaired) electrons. The Bertz CT molecular complexity index is 265. The molecule has 106 valence electrons. The lowest BCUT2D eigenvalue weighted by atomic mass is 9.78. The van der Waals surface area contributed by atoms with Crippen molar-refractivity contribution >= 4 is 17.2 Å². The molecule has 1 fully saturated rings. The summed E-state index contributed by atoms with van der Waals surface area (Å²) in [4.78, 5) is 3.28. The molecule has 0 heterocycles. The highest BCUT2D eigenvalue weighted by Gasteiger charge is 2.28. The van der Waals surface area contributed by atoms with Crippen LogP contribution in [-0.4, -0.2) is 29.0 Å². The molecule has 0 aliphatic heterocycles. The van der Waals surface area contributed by atoms with Crippen molar-refractivity contribution in [3.05, 3.63) is 0 Å². The number of nitrogens with two attached hydrogens (primary N) is 1. The zero-order chi connectivity index (χ0) is 13.7. The summed E-state index contributed by atoms with van der Waals surface area (Å²) < 4.78 is 0. The van der Waals surface area contributed by atoms with Crippen molar-refractivity contribution in [2.24, 2.45) is 23.5 Å². The highest BCUT2D eigenvalue weighted by molar-refractivity contribution is 7.80. The summed E-state index contributed by atoms with van der Waals surface area (Å²) in [6.45, 7) is 11.6. The number of nitrogens with zero attached hydrogens (tertiary/aromatic N) is 1. The molecule has 1 aliphatic carbocycles. The maximum Gasteiger partial charge on any atom is 0.0740 e. The highest BCUT2D eigenvalue weighted by Crippen LogP contribution is 2.32. The van der Waals surface area contributed by atoms with Crippen LogP contribution in [-0.2, 0) is 0 Å². The van der Waals surface area contributed by atoms with Gasteiger partial charge in [0.1, 0.15) is 0 Å². The van der Waals surface area contributed by atoms with E-state index in [0.29, 0.717) is 10.9 Å². The predicted molar refractivity (Wildman–Crippen MR) is 83.8 cm³/mol. The summed E-state index contributed by atoms with van der Waals surface area (Å²) in [6.07, 6.45) is 4.91. The van der Waals surface area contributed by atoms with Crippen LogP contribution in [0.15, 0.2) is 0 Å². The Balaban J connectivity index is 2.55. The minimum absolute atomic E-state index is 0.654. The molecule has 0 amide bonds. The van der Waals surface area contributed by atoms with Gasteiger partial charge in [-0.15, -0.1) is 0 Å². The van der Waals surface area contributed by atoms with Gasteiger partial charge in [-0.2, -0.15) is 0 Å². The van der Waals surface area contributed by atoms with Gasteiger partial charge in [0, 0.05) is 25.6 Å². The lowest BCUT2D eigenvalue weighted by molar-refractivity contribution is 0.101. The standard InChI is InChI=1S/C15H30N2S/c1-11(2)10-17(8-7-15(16)18)14-6-5-12(3)13(4)9-14/h11-14H,5-10H2,1-4H3,(H2,16,18). The number of rotatable bonds is 6. The average molecular weight is 270 g/mol. The van der Waals surface area contributed by atoms with E-state index in [0.717, 1.165) is 30.8 Å². The zero-order valence-electron chi connectivity index (χ0n) is 12.5. The van der Waals surface area contributed by atoms with E-state index in [4.69, 9.17) is 18.0 Å². The van der Waals surface area contributed by atoms with Crippen molar-refractivity contribution in [3.8, 4) is 0 Å². The first kappa shape index (κ1) is 15.9. The van der Waals surface area contributed by atoms with Gasteiger partial charge in [0.15, 0.2) is 0 Å². The molecule has 0 aromatic carbocycles. The van der Waals surface area contributed by atoms with E-state index < -0.39 is 0 Å². The van der Waals surface area contributed by atoms with Crippen LogP contribution in [0.4, 0.5) is 0 Å². The monoisotopic (exact) mass is 270 g/mol. The van der Waals surface area contributed by atoms with Crippen LogP contribution in [0.5, 0.6) is 0 Å². The van der Waals surface area contributed by atoms with E-state index in [1.807, 2.05) is 0 Å². The predicted octanol–water partition coefficient (Wildman–Crippen LogP) is 3.45. The molecule has 0 aromatic heterocycles. The normalized spacial score (nSPS) is 28.9. The van der Waals surface area contributed by atoms with Gasteiger partial charge in [-0.25, -0.2) is 0 Å². The van der Waals surface area contributed by atoms with Crippen LogP contribution in [0.3, 0.4) is 0 Å². The number of thiocarbonyl (C=S) groups is 1. The molecule has 3 atom stereocenters. The molecule has 3 unspecified atom stereocenters. The van der Waals surface area contributed by atoms with Gasteiger partial charge in [-0.05, 0) is 37.0 Å². The topological polar surface area (TPSA) is 29.3 Å². The fourth-order valence-electron chi connectivity index (χ4n) is 3.00. The quantitative estimate of drug-likeness (QED) is 0.750. The van der Waals surface area contributed by atoms with Gasteiger partial charge < -0.3 is 5.73 Å². The number of hydrogen-bond donors (Lipinski definition) is 1. The average Bonchev–Trinajstić information content (AvgIpc) is 2.27. The van der Waals surface area contributed by atoms with Crippen molar-refractivity contribution < 1.29 is 0 Å². The molecule has 0 aromatic rings.